The lowest BCUT2D eigenvalue weighted by Gasteiger charge is -2.41. The maximum Gasteiger partial charge on any atom is 0.339 e. The Hall–Kier alpha value is -2.15. The van der Waals surface area contributed by atoms with Crippen LogP contribution in [-0.4, -0.2) is 42.5 Å². The minimum absolute atomic E-state index is 0. The van der Waals surface area contributed by atoms with Crippen LogP contribution in [0.3, 0.4) is 0 Å². The van der Waals surface area contributed by atoms with Crippen LogP contribution in [0.1, 0.15) is 40.0 Å². The zero-order valence-electron chi connectivity index (χ0n) is 15.4. The van der Waals surface area contributed by atoms with Gasteiger partial charge in [-0.2, -0.15) is 0 Å². The number of halogens is 2. The van der Waals surface area contributed by atoms with Crippen LogP contribution in [0, 0.1) is 0 Å². The standard InChI is InChI=1S/C20H20N2O4.2ClH/c1-25-19(24)15-8-14(11-22-12-15)13-2-3-18-16(9-13)17(23)10-20(26-18)4-6-21-7-5-20;;/h2-3,8-9,11-12,21H,4-7,10H2,1H3;2*1H. The first-order chi connectivity index (χ1) is 12.6. The first kappa shape index (κ1) is 22.1. The molecule has 28 heavy (non-hydrogen) atoms. The van der Waals surface area contributed by atoms with E-state index in [1.165, 1.54) is 13.3 Å². The third-order valence-corrected chi connectivity index (χ3v) is 5.10. The number of ether oxygens (including phenoxy) is 2. The Morgan fingerprint density at radius 2 is 1.89 bits per heavy atom. The third kappa shape index (κ3) is 4.14. The number of ketones is 1. The van der Waals surface area contributed by atoms with Gasteiger partial charge in [-0.3, -0.25) is 9.78 Å². The molecule has 8 heteroatoms. The zero-order valence-corrected chi connectivity index (χ0v) is 17.0. The van der Waals surface area contributed by atoms with E-state index >= 15 is 0 Å². The minimum Gasteiger partial charge on any atom is -0.486 e. The molecule has 0 radical (unpaired) electrons. The summed E-state index contributed by atoms with van der Waals surface area (Å²) in [6.07, 6.45) is 5.21. The van der Waals surface area contributed by atoms with E-state index in [1.807, 2.05) is 18.2 Å². The number of aromatic nitrogens is 1. The fraction of sp³-hybridized carbons (Fsp3) is 0.350. The highest BCUT2D eigenvalue weighted by atomic mass is 35.5. The van der Waals surface area contributed by atoms with E-state index in [4.69, 9.17) is 9.47 Å². The molecule has 0 atom stereocenters. The highest BCUT2D eigenvalue weighted by Crippen LogP contribution is 2.39. The van der Waals surface area contributed by atoms with Gasteiger partial charge in [-0.05, 0) is 36.9 Å². The maximum atomic E-state index is 12.8. The topological polar surface area (TPSA) is 77.5 Å². The first-order valence-electron chi connectivity index (χ1n) is 8.71. The molecule has 1 aromatic carbocycles. The fourth-order valence-corrected chi connectivity index (χ4v) is 3.66. The molecule has 2 aliphatic rings. The molecule has 6 nitrogen and oxygen atoms in total. The molecule has 0 bridgehead atoms. The predicted molar refractivity (Wildman–Crippen MR) is 110 cm³/mol. The van der Waals surface area contributed by atoms with E-state index in [0.29, 0.717) is 23.3 Å². The smallest absolute Gasteiger partial charge is 0.339 e. The molecule has 1 N–H and O–H groups in total. The number of piperidine rings is 1. The molecule has 1 saturated heterocycles. The average Bonchev–Trinajstić information content (AvgIpc) is 2.68. The van der Waals surface area contributed by atoms with E-state index in [1.54, 1.807) is 12.3 Å². The van der Waals surface area contributed by atoms with Gasteiger partial charge in [0.05, 0.1) is 24.7 Å². The van der Waals surface area contributed by atoms with E-state index in [0.717, 1.165) is 37.1 Å². The second kappa shape index (κ2) is 8.90. The van der Waals surface area contributed by atoms with Gasteiger partial charge in [0.2, 0.25) is 0 Å². The van der Waals surface area contributed by atoms with Crippen LogP contribution in [0.25, 0.3) is 11.1 Å². The molecule has 0 aliphatic carbocycles. The molecule has 0 amide bonds. The highest BCUT2D eigenvalue weighted by molar-refractivity contribution is 6.01. The maximum absolute atomic E-state index is 12.8. The summed E-state index contributed by atoms with van der Waals surface area (Å²) in [5.41, 5.74) is 2.17. The second-order valence-electron chi connectivity index (χ2n) is 6.80. The van der Waals surface area contributed by atoms with Crippen molar-refractivity contribution in [3.05, 3.63) is 47.8 Å². The van der Waals surface area contributed by atoms with Gasteiger partial charge < -0.3 is 14.8 Å². The Labute approximate surface area is 175 Å². The molecule has 1 spiro atoms. The van der Waals surface area contributed by atoms with Crippen molar-refractivity contribution in [2.24, 2.45) is 0 Å². The number of Topliss-reactive ketones (excluding diaryl/α,β-unsaturated/α-hetero) is 1. The number of rotatable bonds is 2. The molecule has 0 unspecified atom stereocenters. The lowest BCUT2D eigenvalue weighted by molar-refractivity contribution is 0.0187. The lowest BCUT2D eigenvalue weighted by Crippen LogP contribution is -2.49. The van der Waals surface area contributed by atoms with Gasteiger partial charge in [-0.25, -0.2) is 4.79 Å². The summed E-state index contributed by atoms with van der Waals surface area (Å²) in [4.78, 5) is 28.6. The number of methoxy groups -OCH3 is 1. The van der Waals surface area contributed by atoms with E-state index < -0.39 is 5.97 Å². The monoisotopic (exact) mass is 424 g/mol. The summed E-state index contributed by atoms with van der Waals surface area (Å²) < 4.78 is 11.0. The molecule has 4 rings (SSSR count). The normalized spacial score (nSPS) is 16.8. The van der Waals surface area contributed by atoms with Gasteiger partial charge >= 0.3 is 5.97 Å². The Morgan fingerprint density at radius 1 is 1.14 bits per heavy atom. The van der Waals surface area contributed by atoms with Crippen molar-refractivity contribution in [2.75, 3.05) is 20.2 Å². The lowest BCUT2D eigenvalue weighted by atomic mass is 9.82. The largest absolute Gasteiger partial charge is 0.486 e. The van der Waals surface area contributed by atoms with E-state index in [2.05, 4.69) is 10.3 Å². The first-order valence-corrected chi connectivity index (χ1v) is 8.71. The van der Waals surface area contributed by atoms with Crippen LogP contribution in [0.2, 0.25) is 0 Å². The van der Waals surface area contributed by atoms with Crippen LogP contribution in [0.4, 0.5) is 0 Å². The van der Waals surface area contributed by atoms with Gasteiger partial charge in [0.25, 0.3) is 0 Å². The molecule has 3 heterocycles. The van der Waals surface area contributed by atoms with Crippen molar-refractivity contribution in [1.82, 2.24) is 10.3 Å². The summed E-state index contributed by atoms with van der Waals surface area (Å²) in [5.74, 6) is 0.306. The van der Waals surface area contributed by atoms with Crippen molar-refractivity contribution < 1.29 is 19.1 Å². The third-order valence-electron chi connectivity index (χ3n) is 5.10. The van der Waals surface area contributed by atoms with Gasteiger partial charge in [-0.15, -0.1) is 24.8 Å². The average molecular weight is 425 g/mol. The van der Waals surface area contributed by atoms with Crippen LogP contribution in [-0.2, 0) is 4.74 Å². The zero-order chi connectivity index (χ0) is 18.1. The van der Waals surface area contributed by atoms with Crippen molar-refractivity contribution in [3.8, 4) is 16.9 Å². The predicted octanol–water partition coefficient (Wildman–Crippen LogP) is 3.47. The summed E-state index contributed by atoms with van der Waals surface area (Å²) in [6.45, 7) is 1.74. The van der Waals surface area contributed by atoms with Crippen LogP contribution >= 0.6 is 24.8 Å². The number of fused-ring (bicyclic) bond motifs is 1. The van der Waals surface area contributed by atoms with Crippen molar-refractivity contribution in [2.45, 2.75) is 24.9 Å². The molecule has 1 aromatic heterocycles. The van der Waals surface area contributed by atoms with Crippen molar-refractivity contribution >= 4 is 36.6 Å². The highest BCUT2D eigenvalue weighted by Gasteiger charge is 2.41. The number of hydrogen-bond donors (Lipinski definition) is 1. The van der Waals surface area contributed by atoms with Gasteiger partial charge in [0.1, 0.15) is 11.4 Å². The SMILES string of the molecule is COC(=O)c1cncc(-c2ccc3c(c2)C(=O)CC2(CCNCC2)O3)c1.Cl.Cl. The van der Waals surface area contributed by atoms with Crippen molar-refractivity contribution in [1.29, 1.82) is 0 Å². The van der Waals surface area contributed by atoms with Gasteiger partial charge in [-0.1, -0.05) is 6.07 Å². The van der Waals surface area contributed by atoms with Crippen LogP contribution in [0.5, 0.6) is 5.75 Å². The number of esters is 1. The number of carbonyl (C=O) groups excluding carboxylic acids is 2. The Kier molecular flexibility index (Phi) is 7.04. The molecular formula is C20H22Cl2N2O4. The number of nitrogens with zero attached hydrogens (tertiary/aromatic N) is 1. The summed E-state index contributed by atoms with van der Waals surface area (Å²) in [5, 5.41) is 3.31. The number of benzene rings is 1. The van der Waals surface area contributed by atoms with E-state index in [-0.39, 0.29) is 36.2 Å². The van der Waals surface area contributed by atoms with Crippen molar-refractivity contribution in [3.63, 3.8) is 0 Å². The second-order valence-corrected chi connectivity index (χ2v) is 6.80. The number of carbonyl (C=O) groups is 2. The molecule has 2 aromatic rings. The Morgan fingerprint density at radius 3 is 2.61 bits per heavy atom. The van der Waals surface area contributed by atoms with Crippen LogP contribution in [0.15, 0.2) is 36.7 Å². The molecule has 2 aliphatic heterocycles. The molecule has 150 valence electrons. The number of pyridine rings is 1. The number of hydrogen-bond acceptors (Lipinski definition) is 6. The Bertz CT molecular complexity index is 882. The molecular weight excluding hydrogens is 403 g/mol. The number of nitrogens with one attached hydrogen (secondary N) is 1. The quantitative estimate of drug-likeness (QED) is 0.743. The van der Waals surface area contributed by atoms with Gasteiger partial charge in [0.15, 0.2) is 5.78 Å². The van der Waals surface area contributed by atoms with Gasteiger partial charge in [0, 0.05) is 30.8 Å². The minimum atomic E-state index is -0.440. The fourth-order valence-electron chi connectivity index (χ4n) is 3.66. The molecule has 1 fully saturated rings. The van der Waals surface area contributed by atoms with Crippen LogP contribution < -0.4 is 10.1 Å². The summed E-state index contributed by atoms with van der Waals surface area (Å²) in [7, 11) is 1.33. The summed E-state index contributed by atoms with van der Waals surface area (Å²) in [6, 6.07) is 7.27. The molecule has 0 saturated carbocycles. The summed E-state index contributed by atoms with van der Waals surface area (Å²) >= 11 is 0. The van der Waals surface area contributed by atoms with E-state index in [9.17, 15) is 9.59 Å². The Balaban J connectivity index is 0.00000140.